The molecule has 0 atom stereocenters. The average Bonchev–Trinajstić information content (AvgIpc) is 2.39. The summed E-state index contributed by atoms with van der Waals surface area (Å²) < 4.78 is 0. The van der Waals surface area contributed by atoms with Gasteiger partial charge in [0.2, 0.25) is 5.91 Å². The van der Waals surface area contributed by atoms with Crippen molar-refractivity contribution in [1.82, 2.24) is 0 Å². The van der Waals surface area contributed by atoms with Gasteiger partial charge < -0.3 is 5.32 Å². The Morgan fingerprint density at radius 3 is 1.94 bits per heavy atom. The SMILES string of the molecule is O=C1CCCCCCCCCc2ccc(cc2)N1. The zero-order valence-corrected chi connectivity index (χ0v) is 11.1. The van der Waals surface area contributed by atoms with Crippen molar-refractivity contribution in [2.24, 2.45) is 0 Å². The summed E-state index contributed by atoms with van der Waals surface area (Å²) in [5.74, 6) is 0.151. The molecular weight excluding hydrogens is 222 g/mol. The summed E-state index contributed by atoms with van der Waals surface area (Å²) in [6, 6.07) is 8.31. The summed E-state index contributed by atoms with van der Waals surface area (Å²) in [5, 5.41) is 2.96. The van der Waals surface area contributed by atoms with Gasteiger partial charge in [-0.15, -0.1) is 0 Å². The molecule has 1 aromatic carbocycles. The molecule has 2 aliphatic heterocycles. The molecule has 0 aliphatic carbocycles. The molecule has 2 heterocycles. The minimum atomic E-state index is 0.151. The Kier molecular flexibility index (Phi) is 5.25. The fourth-order valence-electron chi connectivity index (χ4n) is 2.48. The van der Waals surface area contributed by atoms with Crippen LogP contribution in [0.3, 0.4) is 0 Å². The predicted octanol–water partition coefficient (Wildman–Crippen LogP) is 4.30. The number of hydrogen-bond acceptors (Lipinski definition) is 1. The van der Waals surface area contributed by atoms with Crippen molar-refractivity contribution in [3.05, 3.63) is 29.8 Å². The fourth-order valence-corrected chi connectivity index (χ4v) is 2.48. The Bertz CT molecular complexity index is 369. The first-order valence-corrected chi connectivity index (χ1v) is 7.23. The number of nitrogens with one attached hydrogen (secondary N) is 1. The molecular formula is C16H23NO. The topological polar surface area (TPSA) is 29.1 Å². The predicted molar refractivity (Wildman–Crippen MR) is 75.7 cm³/mol. The quantitative estimate of drug-likeness (QED) is 0.725. The molecule has 2 nitrogen and oxygen atoms in total. The van der Waals surface area contributed by atoms with Crippen molar-refractivity contribution < 1.29 is 4.79 Å². The van der Waals surface area contributed by atoms with Crippen LogP contribution in [0.15, 0.2) is 24.3 Å². The molecule has 0 unspecified atom stereocenters. The van der Waals surface area contributed by atoms with Crippen LogP contribution in [-0.4, -0.2) is 5.91 Å². The highest BCUT2D eigenvalue weighted by molar-refractivity contribution is 5.90. The number of carbonyl (C=O) groups excluding carboxylic acids is 1. The molecule has 0 radical (unpaired) electrons. The summed E-state index contributed by atoms with van der Waals surface area (Å²) in [6.45, 7) is 0. The first-order valence-electron chi connectivity index (χ1n) is 7.23. The van der Waals surface area contributed by atoms with Crippen LogP contribution in [0.5, 0.6) is 0 Å². The zero-order chi connectivity index (χ0) is 12.6. The van der Waals surface area contributed by atoms with Crippen LogP contribution in [0.4, 0.5) is 5.69 Å². The van der Waals surface area contributed by atoms with E-state index in [-0.39, 0.29) is 5.91 Å². The van der Waals surface area contributed by atoms with Gasteiger partial charge in [-0.25, -0.2) is 0 Å². The number of fused-ring (bicyclic) bond motifs is 12. The van der Waals surface area contributed by atoms with E-state index in [9.17, 15) is 4.79 Å². The number of carbonyl (C=O) groups is 1. The van der Waals surface area contributed by atoms with Crippen LogP contribution in [0.25, 0.3) is 0 Å². The maximum Gasteiger partial charge on any atom is 0.224 e. The van der Waals surface area contributed by atoms with Crippen LogP contribution in [0, 0.1) is 0 Å². The Morgan fingerprint density at radius 1 is 0.722 bits per heavy atom. The second kappa shape index (κ2) is 7.20. The summed E-state index contributed by atoms with van der Waals surface area (Å²) in [7, 11) is 0. The molecule has 0 aromatic heterocycles. The second-order valence-corrected chi connectivity index (χ2v) is 5.22. The van der Waals surface area contributed by atoms with Crippen molar-refractivity contribution in [2.45, 2.75) is 57.8 Å². The summed E-state index contributed by atoms with van der Waals surface area (Å²) in [5.41, 5.74) is 2.31. The molecule has 0 fully saturated rings. The molecule has 0 spiro atoms. The van der Waals surface area contributed by atoms with Crippen LogP contribution < -0.4 is 5.32 Å². The number of rotatable bonds is 0. The summed E-state index contributed by atoms with van der Waals surface area (Å²) in [6.07, 6.45) is 10.6. The lowest BCUT2D eigenvalue weighted by Crippen LogP contribution is -2.10. The Labute approximate surface area is 110 Å². The van der Waals surface area contributed by atoms with Crippen molar-refractivity contribution in [1.29, 1.82) is 0 Å². The lowest BCUT2D eigenvalue weighted by atomic mass is 10.0. The Hall–Kier alpha value is -1.31. The van der Waals surface area contributed by atoms with Gasteiger partial charge in [-0.05, 0) is 37.0 Å². The molecule has 2 aliphatic rings. The van der Waals surface area contributed by atoms with E-state index in [0.29, 0.717) is 6.42 Å². The highest BCUT2D eigenvalue weighted by Gasteiger charge is 2.03. The molecule has 2 heteroatoms. The summed E-state index contributed by atoms with van der Waals surface area (Å²) >= 11 is 0. The molecule has 3 rings (SSSR count). The monoisotopic (exact) mass is 245 g/mol. The Balaban J connectivity index is 1.96. The highest BCUT2D eigenvalue weighted by atomic mass is 16.1. The third kappa shape index (κ3) is 4.52. The van der Waals surface area contributed by atoms with Crippen LogP contribution in [-0.2, 0) is 11.2 Å². The molecule has 0 saturated carbocycles. The first kappa shape index (κ1) is 13.1. The van der Waals surface area contributed by atoms with Gasteiger partial charge in [-0.3, -0.25) is 4.79 Å². The van der Waals surface area contributed by atoms with E-state index in [1.807, 2.05) is 12.1 Å². The average molecular weight is 245 g/mol. The van der Waals surface area contributed by atoms with Crippen LogP contribution in [0.2, 0.25) is 0 Å². The first-order chi connectivity index (χ1) is 8.84. The van der Waals surface area contributed by atoms with Crippen LogP contribution in [0.1, 0.15) is 56.9 Å². The lowest BCUT2D eigenvalue weighted by Gasteiger charge is -2.06. The van der Waals surface area contributed by atoms with Crippen LogP contribution >= 0.6 is 0 Å². The Morgan fingerprint density at radius 2 is 1.28 bits per heavy atom. The number of amides is 1. The minimum Gasteiger partial charge on any atom is -0.326 e. The van der Waals surface area contributed by atoms with Crippen molar-refractivity contribution in [3.63, 3.8) is 0 Å². The van der Waals surface area contributed by atoms with E-state index >= 15 is 0 Å². The van der Waals surface area contributed by atoms with E-state index in [2.05, 4.69) is 17.4 Å². The second-order valence-electron chi connectivity index (χ2n) is 5.22. The molecule has 98 valence electrons. The molecule has 18 heavy (non-hydrogen) atoms. The van der Waals surface area contributed by atoms with Gasteiger partial charge in [0.1, 0.15) is 0 Å². The zero-order valence-electron chi connectivity index (χ0n) is 11.1. The van der Waals surface area contributed by atoms with Gasteiger partial charge in [0.25, 0.3) is 0 Å². The molecule has 0 saturated heterocycles. The number of anilines is 1. The van der Waals surface area contributed by atoms with E-state index in [1.54, 1.807) is 0 Å². The van der Waals surface area contributed by atoms with Crippen molar-refractivity contribution >= 4 is 11.6 Å². The van der Waals surface area contributed by atoms with Gasteiger partial charge in [0.15, 0.2) is 0 Å². The molecule has 2 bridgehead atoms. The highest BCUT2D eigenvalue weighted by Crippen LogP contribution is 2.15. The van der Waals surface area contributed by atoms with E-state index in [0.717, 1.165) is 18.5 Å². The largest absolute Gasteiger partial charge is 0.326 e. The van der Waals surface area contributed by atoms with Gasteiger partial charge in [0, 0.05) is 12.1 Å². The van der Waals surface area contributed by atoms with E-state index in [1.165, 1.54) is 44.1 Å². The number of hydrogen-bond donors (Lipinski definition) is 1. The van der Waals surface area contributed by atoms with Gasteiger partial charge >= 0.3 is 0 Å². The van der Waals surface area contributed by atoms with E-state index in [4.69, 9.17) is 0 Å². The lowest BCUT2D eigenvalue weighted by molar-refractivity contribution is -0.116. The standard InChI is InChI=1S/C16H23NO/c18-16-9-7-5-3-1-2-4-6-8-14-10-12-15(17-16)13-11-14/h10-13H,1-9H2,(H,17,18). The number of benzene rings is 1. The van der Waals surface area contributed by atoms with Gasteiger partial charge in [0.05, 0.1) is 0 Å². The van der Waals surface area contributed by atoms with E-state index < -0.39 is 0 Å². The third-order valence-electron chi connectivity index (χ3n) is 3.61. The van der Waals surface area contributed by atoms with Crippen molar-refractivity contribution in [3.8, 4) is 0 Å². The maximum absolute atomic E-state index is 11.7. The maximum atomic E-state index is 11.7. The molecule has 1 N–H and O–H groups in total. The molecule has 1 amide bonds. The van der Waals surface area contributed by atoms with Crippen molar-refractivity contribution in [2.75, 3.05) is 5.32 Å². The molecule has 1 aromatic rings. The van der Waals surface area contributed by atoms with Gasteiger partial charge in [-0.1, -0.05) is 44.2 Å². The summed E-state index contributed by atoms with van der Waals surface area (Å²) in [4.78, 5) is 11.7. The number of aryl methyl sites for hydroxylation is 1. The minimum absolute atomic E-state index is 0.151. The van der Waals surface area contributed by atoms with Gasteiger partial charge in [-0.2, -0.15) is 0 Å². The smallest absolute Gasteiger partial charge is 0.224 e. The third-order valence-corrected chi connectivity index (χ3v) is 3.61. The fraction of sp³-hybridized carbons (Fsp3) is 0.562. The normalized spacial score (nSPS) is 18.8.